The van der Waals surface area contributed by atoms with Crippen LogP contribution in [-0.2, 0) is 25.7 Å². The zero-order valence-electron chi connectivity index (χ0n) is 16.1. The Labute approximate surface area is 167 Å². The van der Waals surface area contributed by atoms with Crippen molar-refractivity contribution in [3.05, 3.63) is 81.1 Å². The van der Waals surface area contributed by atoms with Crippen LogP contribution >= 0.6 is 11.6 Å². The van der Waals surface area contributed by atoms with Crippen LogP contribution in [0.25, 0.3) is 0 Å². The van der Waals surface area contributed by atoms with E-state index in [-0.39, 0.29) is 10.8 Å². The van der Waals surface area contributed by atoms with Gasteiger partial charge in [-0.2, -0.15) is 0 Å². The molecule has 2 aromatic carbocycles. The predicted octanol–water partition coefficient (Wildman–Crippen LogP) is 7.21. The summed E-state index contributed by atoms with van der Waals surface area (Å²) in [5.41, 5.74) is 7.39. The highest BCUT2D eigenvalue weighted by atomic mass is 35.5. The Bertz CT molecular complexity index is 852. The number of rotatable bonds is 4. The SMILES string of the molecule is CC=CCC[C@H]1CCc2c(ccc3c2CC[C@H](c2ccc(Cl)c(F)c2)C3)C1. The third-order valence-corrected chi connectivity index (χ3v) is 6.84. The molecular formula is C25H28ClF. The maximum Gasteiger partial charge on any atom is 0.142 e. The van der Waals surface area contributed by atoms with Crippen molar-refractivity contribution in [2.24, 2.45) is 5.92 Å². The maximum absolute atomic E-state index is 13.9. The van der Waals surface area contributed by atoms with Gasteiger partial charge in [0.15, 0.2) is 0 Å². The number of hydrogen-bond acceptors (Lipinski definition) is 0. The lowest BCUT2D eigenvalue weighted by molar-refractivity contribution is 0.427. The molecule has 2 aliphatic rings. The normalized spacial score (nSPS) is 21.9. The van der Waals surface area contributed by atoms with Gasteiger partial charge in [-0.3, -0.25) is 0 Å². The summed E-state index contributed by atoms with van der Waals surface area (Å²) in [5.74, 6) is 0.939. The van der Waals surface area contributed by atoms with Gasteiger partial charge in [0.05, 0.1) is 5.02 Å². The van der Waals surface area contributed by atoms with Crippen molar-refractivity contribution in [2.45, 2.75) is 64.2 Å². The van der Waals surface area contributed by atoms with E-state index in [1.165, 1.54) is 37.7 Å². The van der Waals surface area contributed by atoms with E-state index in [4.69, 9.17) is 11.6 Å². The first-order valence-electron chi connectivity index (χ1n) is 10.3. The summed E-state index contributed by atoms with van der Waals surface area (Å²) < 4.78 is 13.9. The van der Waals surface area contributed by atoms with Crippen LogP contribution in [0.2, 0.25) is 5.02 Å². The van der Waals surface area contributed by atoms with Crippen molar-refractivity contribution in [2.75, 3.05) is 0 Å². The first-order chi connectivity index (χ1) is 13.2. The number of hydrogen-bond donors (Lipinski definition) is 0. The largest absolute Gasteiger partial charge is 0.205 e. The zero-order valence-corrected chi connectivity index (χ0v) is 16.9. The van der Waals surface area contributed by atoms with Crippen molar-refractivity contribution in [3.63, 3.8) is 0 Å². The lowest BCUT2D eigenvalue weighted by atomic mass is 9.73. The molecule has 142 valence electrons. The Morgan fingerprint density at radius 1 is 1.04 bits per heavy atom. The van der Waals surface area contributed by atoms with Gasteiger partial charge in [0.25, 0.3) is 0 Å². The average molecular weight is 383 g/mol. The van der Waals surface area contributed by atoms with Crippen LogP contribution in [0.1, 0.15) is 66.3 Å². The summed E-state index contributed by atoms with van der Waals surface area (Å²) >= 11 is 5.85. The Morgan fingerprint density at radius 3 is 2.52 bits per heavy atom. The van der Waals surface area contributed by atoms with E-state index < -0.39 is 0 Å². The first-order valence-corrected chi connectivity index (χ1v) is 10.7. The van der Waals surface area contributed by atoms with Crippen molar-refractivity contribution < 1.29 is 4.39 Å². The summed E-state index contributed by atoms with van der Waals surface area (Å²) in [6.45, 7) is 2.11. The van der Waals surface area contributed by atoms with Crippen LogP contribution in [0, 0.1) is 11.7 Å². The van der Waals surface area contributed by atoms with Crippen LogP contribution in [0.3, 0.4) is 0 Å². The average Bonchev–Trinajstić information content (AvgIpc) is 2.69. The van der Waals surface area contributed by atoms with Crippen molar-refractivity contribution in [3.8, 4) is 0 Å². The molecule has 2 aromatic rings. The molecule has 2 atom stereocenters. The van der Waals surface area contributed by atoms with Crippen LogP contribution in [0.5, 0.6) is 0 Å². The van der Waals surface area contributed by atoms with Gasteiger partial charge in [0.2, 0.25) is 0 Å². The molecule has 4 rings (SSSR count). The van der Waals surface area contributed by atoms with Gasteiger partial charge in [0, 0.05) is 0 Å². The van der Waals surface area contributed by atoms with Crippen molar-refractivity contribution in [1.82, 2.24) is 0 Å². The molecule has 0 radical (unpaired) electrons. The standard InChI is InChI=1S/C25H28ClF/c1-2-3-4-5-17-6-11-22-20(14-17)7-8-21-15-18(9-12-23(21)22)19-10-13-24(26)25(27)16-19/h2-3,7-8,10,13,16-18H,4-6,9,11-12,14-15H2,1H3/t17-,18-/m0/s1. The number of benzene rings is 2. The third kappa shape index (κ3) is 3.99. The minimum atomic E-state index is -0.297. The van der Waals surface area contributed by atoms with Gasteiger partial charge in [-0.1, -0.05) is 42.0 Å². The molecule has 0 aromatic heterocycles. The molecule has 0 amide bonds. The van der Waals surface area contributed by atoms with Crippen LogP contribution in [0.15, 0.2) is 42.5 Å². The zero-order chi connectivity index (χ0) is 18.8. The highest BCUT2D eigenvalue weighted by Crippen LogP contribution is 2.39. The fourth-order valence-corrected chi connectivity index (χ4v) is 5.16. The second kappa shape index (κ2) is 8.19. The summed E-state index contributed by atoms with van der Waals surface area (Å²) in [6, 6.07) is 10.0. The smallest absolute Gasteiger partial charge is 0.142 e. The second-order valence-corrected chi connectivity index (χ2v) is 8.62. The van der Waals surface area contributed by atoms with Gasteiger partial charge < -0.3 is 0 Å². The minimum Gasteiger partial charge on any atom is -0.205 e. The quantitative estimate of drug-likeness (QED) is 0.490. The highest BCUT2D eigenvalue weighted by Gasteiger charge is 2.27. The van der Waals surface area contributed by atoms with E-state index in [1.807, 2.05) is 6.07 Å². The highest BCUT2D eigenvalue weighted by molar-refractivity contribution is 6.30. The van der Waals surface area contributed by atoms with E-state index >= 15 is 0 Å². The summed E-state index contributed by atoms with van der Waals surface area (Å²) in [5, 5.41) is 0.216. The Balaban J connectivity index is 1.51. The molecule has 2 aliphatic carbocycles. The van der Waals surface area contributed by atoms with Crippen LogP contribution < -0.4 is 0 Å². The van der Waals surface area contributed by atoms with E-state index in [9.17, 15) is 4.39 Å². The van der Waals surface area contributed by atoms with Gasteiger partial charge >= 0.3 is 0 Å². The van der Waals surface area contributed by atoms with E-state index in [0.717, 1.165) is 30.7 Å². The Hall–Kier alpha value is -1.60. The van der Waals surface area contributed by atoms with Gasteiger partial charge in [-0.25, -0.2) is 4.39 Å². The molecule has 0 heterocycles. The van der Waals surface area contributed by atoms with Gasteiger partial charge in [0.1, 0.15) is 5.82 Å². The molecule has 0 N–H and O–H groups in total. The van der Waals surface area contributed by atoms with E-state index in [1.54, 1.807) is 28.8 Å². The van der Waals surface area contributed by atoms with Crippen molar-refractivity contribution >= 4 is 11.6 Å². The molecule has 0 bridgehead atoms. The molecule has 2 heteroatoms. The van der Waals surface area contributed by atoms with Gasteiger partial charge in [-0.05, 0) is 110 Å². The fraction of sp³-hybridized carbons (Fsp3) is 0.440. The van der Waals surface area contributed by atoms with Crippen LogP contribution in [0.4, 0.5) is 4.39 Å². The third-order valence-electron chi connectivity index (χ3n) is 6.54. The summed E-state index contributed by atoms with van der Waals surface area (Å²) in [6.07, 6.45) is 14.0. The Morgan fingerprint density at radius 2 is 1.78 bits per heavy atom. The lowest BCUT2D eigenvalue weighted by Crippen LogP contribution is -2.20. The maximum atomic E-state index is 13.9. The fourth-order valence-electron chi connectivity index (χ4n) is 5.04. The molecular weight excluding hydrogens is 355 g/mol. The molecule has 0 saturated heterocycles. The minimum absolute atomic E-state index is 0.216. The molecule has 0 spiro atoms. The summed E-state index contributed by atoms with van der Waals surface area (Å²) in [7, 11) is 0. The van der Waals surface area contributed by atoms with Crippen molar-refractivity contribution in [1.29, 1.82) is 0 Å². The van der Waals surface area contributed by atoms with E-state index in [0.29, 0.717) is 5.92 Å². The first kappa shape index (κ1) is 18.7. The predicted molar refractivity (Wildman–Crippen MR) is 112 cm³/mol. The second-order valence-electron chi connectivity index (χ2n) is 8.21. The molecule has 0 unspecified atom stereocenters. The van der Waals surface area contributed by atoms with Crippen LogP contribution in [-0.4, -0.2) is 0 Å². The molecule has 0 aliphatic heterocycles. The van der Waals surface area contributed by atoms with E-state index in [2.05, 4.69) is 31.2 Å². The molecule has 0 fully saturated rings. The number of halogens is 2. The molecule has 27 heavy (non-hydrogen) atoms. The number of allylic oxidation sites excluding steroid dienone is 2. The molecule has 0 saturated carbocycles. The molecule has 0 nitrogen and oxygen atoms in total. The lowest BCUT2D eigenvalue weighted by Gasteiger charge is -2.32. The summed E-state index contributed by atoms with van der Waals surface area (Å²) in [4.78, 5) is 0. The topological polar surface area (TPSA) is 0 Å². The monoisotopic (exact) mass is 382 g/mol. The number of fused-ring (bicyclic) bond motifs is 3. The van der Waals surface area contributed by atoms with Gasteiger partial charge in [-0.15, -0.1) is 0 Å². The Kier molecular flexibility index (Phi) is 5.68.